The lowest BCUT2D eigenvalue weighted by Crippen LogP contribution is -2.48. The van der Waals surface area contributed by atoms with Crippen LogP contribution in [0.1, 0.15) is 54.6 Å². The number of amides is 1. The monoisotopic (exact) mass is 288 g/mol. The molecule has 0 spiro atoms. The molecular formula is C18H28N2O. The highest BCUT2D eigenvalue weighted by atomic mass is 16.2. The van der Waals surface area contributed by atoms with E-state index in [1.807, 2.05) is 30.9 Å². The summed E-state index contributed by atoms with van der Waals surface area (Å²) in [7, 11) is 0. The fourth-order valence-corrected chi connectivity index (χ4v) is 2.97. The summed E-state index contributed by atoms with van der Waals surface area (Å²) in [5, 5.41) is 3.54. The summed E-state index contributed by atoms with van der Waals surface area (Å²) in [5.74, 6) is 0.165. The molecule has 1 aliphatic heterocycles. The highest BCUT2D eigenvalue weighted by Gasteiger charge is 2.24. The summed E-state index contributed by atoms with van der Waals surface area (Å²) in [5.41, 5.74) is 3.05. The van der Waals surface area contributed by atoms with E-state index in [4.69, 9.17) is 0 Å². The number of piperidine rings is 1. The Morgan fingerprint density at radius 1 is 1.33 bits per heavy atom. The SMILES string of the molecule is Cc1ccc(C)c(C(=O)N(CC2CCCCN2)C(C)C)c1. The third kappa shape index (κ3) is 4.07. The number of benzene rings is 1. The van der Waals surface area contributed by atoms with E-state index >= 15 is 0 Å². The van der Waals surface area contributed by atoms with Crippen molar-refractivity contribution in [1.29, 1.82) is 0 Å². The third-order valence-corrected chi connectivity index (χ3v) is 4.34. The maximum Gasteiger partial charge on any atom is 0.254 e. The molecule has 3 heteroatoms. The molecular weight excluding hydrogens is 260 g/mol. The molecule has 116 valence electrons. The smallest absolute Gasteiger partial charge is 0.254 e. The molecule has 1 unspecified atom stereocenters. The van der Waals surface area contributed by atoms with E-state index in [0.717, 1.165) is 29.8 Å². The lowest BCUT2D eigenvalue weighted by Gasteiger charge is -2.33. The van der Waals surface area contributed by atoms with E-state index in [1.54, 1.807) is 0 Å². The number of carbonyl (C=O) groups excluding carboxylic acids is 1. The number of hydrogen-bond acceptors (Lipinski definition) is 2. The molecule has 1 aromatic carbocycles. The number of nitrogens with zero attached hydrogens (tertiary/aromatic N) is 1. The molecule has 0 bridgehead atoms. The van der Waals surface area contributed by atoms with Gasteiger partial charge in [-0.3, -0.25) is 4.79 Å². The van der Waals surface area contributed by atoms with Gasteiger partial charge in [0.2, 0.25) is 0 Å². The molecule has 1 aliphatic rings. The van der Waals surface area contributed by atoms with Crippen LogP contribution in [0.5, 0.6) is 0 Å². The first-order valence-corrected chi connectivity index (χ1v) is 8.10. The molecule has 0 aromatic heterocycles. The number of hydrogen-bond donors (Lipinski definition) is 1. The molecule has 1 amide bonds. The van der Waals surface area contributed by atoms with Crippen LogP contribution >= 0.6 is 0 Å². The van der Waals surface area contributed by atoms with Gasteiger partial charge in [0.05, 0.1) is 0 Å². The summed E-state index contributed by atoms with van der Waals surface area (Å²) in [6, 6.07) is 6.78. The maximum absolute atomic E-state index is 12.9. The highest BCUT2D eigenvalue weighted by Crippen LogP contribution is 2.17. The largest absolute Gasteiger partial charge is 0.335 e. The van der Waals surface area contributed by atoms with Crippen molar-refractivity contribution in [2.24, 2.45) is 0 Å². The van der Waals surface area contributed by atoms with Crippen molar-refractivity contribution in [2.75, 3.05) is 13.1 Å². The van der Waals surface area contributed by atoms with Crippen LogP contribution in [-0.4, -0.2) is 36.0 Å². The van der Waals surface area contributed by atoms with Crippen molar-refractivity contribution in [3.8, 4) is 0 Å². The van der Waals surface area contributed by atoms with E-state index in [0.29, 0.717) is 6.04 Å². The van der Waals surface area contributed by atoms with Crippen molar-refractivity contribution >= 4 is 5.91 Å². The fraction of sp³-hybridized carbons (Fsp3) is 0.611. The van der Waals surface area contributed by atoms with Crippen molar-refractivity contribution in [3.05, 3.63) is 34.9 Å². The normalized spacial score (nSPS) is 18.8. The van der Waals surface area contributed by atoms with Crippen LogP contribution in [0.25, 0.3) is 0 Å². The Morgan fingerprint density at radius 3 is 2.71 bits per heavy atom. The number of nitrogens with one attached hydrogen (secondary N) is 1. The minimum atomic E-state index is 0.165. The van der Waals surface area contributed by atoms with Crippen molar-refractivity contribution in [3.63, 3.8) is 0 Å². The second-order valence-corrected chi connectivity index (χ2v) is 6.52. The topological polar surface area (TPSA) is 32.3 Å². The molecule has 0 saturated carbocycles. The van der Waals surface area contributed by atoms with E-state index < -0.39 is 0 Å². The van der Waals surface area contributed by atoms with E-state index in [2.05, 4.69) is 25.2 Å². The molecule has 0 aliphatic carbocycles. The van der Waals surface area contributed by atoms with Gasteiger partial charge in [0.25, 0.3) is 5.91 Å². The zero-order valence-electron chi connectivity index (χ0n) is 13.8. The molecule has 1 saturated heterocycles. The Balaban J connectivity index is 2.16. The lowest BCUT2D eigenvalue weighted by molar-refractivity contribution is 0.0676. The van der Waals surface area contributed by atoms with Crippen LogP contribution in [0.2, 0.25) is 0 Å². The van der Waals surface area contributed by atoms with E-state index in [1.165, 1.54) is 19.3 Å². The Labute approximate surface area is 128 Å². The maximum atomic E-state index is 12.9. The van der Waals surface area contributed by atoms with Gasteiger partial charge in [0.15, 0.2) is 0 Å². The molecule has 1 N–H and O–H groups in total. The van der Waals surface area contributed by atoms with Gasteiger partial charge in [-0.2, -0.15) is 0 Å². The summed E-state index contributed by atoms with van der Waals surface area (Å²) in [4.78, 5) is 14.9. The third-order valence-electron chi connectivity index (χ3n) is 4.34. The first-order valence-electron chi connectivity index (χ1n) is 8.10. The minimum absolute atomic E-state index is 0.165. The predicted molar refractivity (Wildman–Crippen MR) is 87.7 cm³/mol. The second kappa shape index (κ2) is 7.08. The van der Waals surface area contributed by atoms with Crippen LogP contribution in [0.3, 0.4) is 0 Å². The summed E-state index contributed by atoms with van der Waals surface area (Å²) in [6.45, 7) is 10.2. The Hall–Kier alpha value is -1.35. The molecule has 1 aromatic rings. The lowest BCUT2D eigenvalue weighted by atomic mass is 10.0. The van der Waals surface area contributed by atoms with E-state index in [9.17, 15) is 4.79 Å². The molecule has 2 rings (SSSR count). The van der Waals surface area contributed by atoms with Gasteiger partial charge in [-0.15, -0.1) is 0 Å². The predicted octanol–water partition coefficient (Wildman–Crippen LogP) is 3.30. The second-order valence-electron chi connectivity index (χ2n) is 6.52. The van der Waals surface area contributed by atoms with Crippen LogP contribution in [-0.2, 0) is 0 Å². The molecule has 3 nitrogen and oxygen atoms in total. The van der Waals surface area contributed by atoms with Crippen LogP contribution < -0.4 is 5.32 Å². The minimum Gasteiger partial charge on any atom is -0.335 e. The van der Waals surface area contributed by atoms with Gasteiger partial charge in [-0.1, -0.05) is 24.1 Å². The zero-order valence-corrected chi connectivity index (χ0v) is 13.8. The summed E-state index contributed by atoms with van der Waals surface area (Å²) < 4.78 is 0. The van der Waals surface area contributed by atoms with Crippen molar-refractivity contribution in [1.82, 2.24) is 10.2 Å². The molecule has 1 heterocycles. The Bertz CT molecular complexity index is 490. The average Bonchev–Trinajstić information content (AvgIpc) is 2.47. The van der Waals surface area contributed by atoms with Crippen molar-refractivity contribution in [2.45, 2.75) is 59.0 Å². The van der Waals surface area contributed by atoms with Gasteiger partial charge in [-0.25, -0.2) is 0 Å². The van der Waals surface area contributed by atoms with Gasteiger partial charge < -0.3 is 10.2 Å². The van der Waals surface area contributed by atoms with Gasteiger partial charge >= 0.3 is 0 Å². The van der Waals surface area contributed by atoms with Crippen LogP contribution in [0.4, 0.5) is 0 Å². The van der Waals surface area contributed by atoms with Crippen LogP contribution in [0, 0.1) is 13.8 Å². The molecule has 0 radical (unpaired) electrons. The highest BCUT2D eigenvalue weighted by molar-refractivity contribution is 5.96. The van der Waals surface area contributed by atoms with E-state index in [-0.39, 0.29) is 11.9 Å². The summed E-state index contributed by atoms with van der Waals surface area (Å²) >= 11 is 0. The van der Waals surface area contributed by atoms with Gasteiger partial charge in [0, 0.05) is 24.2 Å². The summed E-state index contributed by atoms with van der Waals surface area (Å²) in [6.07, 6.45) is 3.69. The quantitative estimate of drug-likeness (QED) is 0.922. The Kier molecular flexibility index (Phi) is 5.40. The first-order chi connectivity index (χ1) is 9.99. The average molecular weight is 288 g/mol. The Morgan fingerprint density at radius 2 is 2.10 bits per heavy atom. The van der Waals surface area contributed by atoms with Gasteiger partial charge in [0.1, 0.15) is 0 Å². The van der Waals surface area contributed by atoms with Crippen molar-refractivity contribution < 1.29 is 4.79 Å². The molecule has 1 fully saturated rings. The zero-order chi connectivity index (χ0) is 15.4. The van der Waals surface area contributed by atoms with Crippen LogP contribution in [0.15, 0.2) is 18.2 Å². The number of carbonyl (C=O) groups is 1. The standard InChI is InChI=1S/C18H28N2O/c1-13(2)20(12-16-7-5-6-10-19-16)18(21)17-11-14(3)8-9-15(17)4/h8-9,11,13,16,19H,5-7,10,12H2,1-4H3. The molecule has 1 atom stereocenters. The molecule has 21 heavy (non-hydrogen) atoms. The first kappa shape index (κ1) is 16.0. The fourth-order valence-electron chi connectivity index (χ4n) is 2.97. The van der Waals surface area contributed by atoms with Gasteiger partial charge in [-0.05, 0) is 58.7 Å². The number of aryl methyl sites for hydroxylation is 2. The number of rotatable bonds is 4.